The summed E-state index contributed by atoms with van der Waals surface area (Å²) in [5, 5.41) is 91.9. The van der Waals surface area contributed by atoms with E-state index in [1.807, 2.05) is 0 Å². The number of rotatable bonds is 51. The quantitative estimate of drug-likeness (QED) is 0.0260. The molecule has 0 bridgehead atoms. The molecular weight excluding hydrogens is 1190 g/mol. The van der Waals surface area contributed by atoms with Gasteiger partial charge in [0.1, 0.15) is 61.0 Å². The van der Waals surface area contributed by atoms with E-state index >= 15 is 9.59 Å². The van der Waals surface area contributed by atoms with Crippen LogP contribution in [0, 0.1) is 6.92 Å². The van der Waals surface area contributed by atoms with E-state index in [9.17, 15) is 64.8 Å². The molecule has 2 aliphatic heterocycles. The number of aromatic amines is 1. The van der Waals surface area contributed by atoms with Crippen molar-refractivity contribution in [2.75, 3.05) is 52.6 Å². The first-order valence-electron chi connectivity index (χ1n) is 34.4. The lowest BCUT2D eigenvalue weighted by Crippen LogP contribution is -2.73. The van der Waals surface area contributed by atoms with Gasteiger partial charge in [0.15, 0.2) is 0 Å². The van der Waals surface area contributed by atoms with Crippen LogP contribution in [0.25, 0.3) is 5.82 Å². The highest BCUT2D eigenvalue weighted by Gasteiger charge is 2.64. The van der Waals surface area contributed by atoms with E-state index in [1.165, 1.54) is 142 Å². The fourth-order valence-electron chi connectivity index (χ4n) is 12.8. The summed E-state index contributed by atoms with van der Waals surface area (Å²) in [5.41, 5.74) is -8.06. The molecule has 10 atom stereocenters. The average Bonchev–Trinajstić information content (AvgIpc) is 0.704. The summed E-state index contributed by atoms with van der Waals surface area (Å²) in [6.45, 7) is 1.58. The van der Waals surface area contributed by atoms with Crippen molar-refractivity contribution >= 4 is 7.60 Å². The van der Waals surface area contributed by atoms with Crippen molar-refractivity contribution < 1.29 is 78.9 Å². The maximum absolute atomic E-state index is 16.2. The van der Waals surface area contributed by atoms with E-state index in [-0.39, 0.29) is 25.4 Å². The topological polar surface area (TPSA) is 364 Å². The molecule has 0 aromatic carbocycles. The summed E-state index contributed by atoms with van der Waals surface area (Å²) in [6.07, 6.45) is 15.4. The number of aliphatic hydroxyl groups is 8. The van der Waals surface area contributed by atoms with Crippen molar-refractivity contribution in [2.24, 2.45) is 0 Å². The lowest BCUT2D eigenvalue weighted by Gasteiger charge is -2.55. The third-order valence-electron chi connectivity index (χ3n) is 18.1. The number of unbranched alkanes of at least 4 members (excludes halogenated alkanes) is 30. The minimum absolute atomic E-state index is 0.126. The van der Waals surface area contributed by atoms with Gasteiger partial charge in [0.05, 0.1) is 62.7 Å². The molecule has 11 N–H and O–H groups in total. The third-order valence-corrected chi connectivity index (χ3v) is 18.7. The largest absolute Gasteiger partial charge is 0.394 e. The summed E-state index contributed by atoms with van der Waals surface area (Å²) >= 11 is 0. The smallest absolute Gasteiger partial charge is 0.350 e. The summed E-state index contributed by atoms with van der Waals surface area (Å²) in [6, 6.07) is 0. The molecule has 4 heterocycles. The standard InChI is InChI=1S/C65H117N4O20P/c1-4-6-8-10-12-14-16-18-20-22-24-26-28-30-32-34-39-85-41-36-65(58-56(76)54(74)52(72)49(45-70)88-58,59-57(77)55(75)53(73)50(46-71)89-59)51-61(69-44-48(3)60(78)66-63(69)80)67(37-43-87-47-90(82,83)84)64(81)68(62(51)79)38-42-86-40-35-33-31-29-27-25-23-21-19-17-15-13-11-9-7-5-2/h44,49-50,52-59,70-77H,4-43,45-47H2,1-3H3,(H,66,78,80)(H2,82,83,84)/t49-,50-,52+,53+,54+,55+,56-,57-,58?,59?,65?/m1/s1. The fourth-order valence-corrected chi connectivity index (χ4v) is 13.2. The van der Waals surface area contributed by atoms with E-state index in [0.717, 1.165) is 77.7 Å². The predicted molar refractivity (Wildman–Crippen MR) is 343 cm³/mol. The van der Waals surface area contributed by atoms with Gasteiger partial charge in [-0.05, 0) is 26.2 Å². The van der Waals surface area contributed by atoms with E-state index in [0.29, 0.717) is 12.8 Å². The van der Waals surface area contributed by atoms with Crippen LogP contribution in [0.15, 0.2) is 25.4 Å². The first-order valence-corrected chi connectivity index (χ1v) is 36.2. The Bertz CT molecular complexity index is 2520. The van der Waals surface area contributed by atoms with E-state index < -0.39 is 160 Å². The summed E-state index contributed by atoms with van der Waals surface area (Å²) in [4.78, 5) is 80.5. The van der Waals surface area contributed by atoms with Crippen LogP contribution in [0.2, 0.25) is 0 Å². The maximum Gasteiger partial charge on any atom is 0.350 e. The molecule has 0 amide bonds. The van der Waals surface area contributed by atoms with Crippen molar-refractivity contribution in [3.05, 3.63) is 59.0 Å². The van der Waals surface area contributed by atoms with Crippen LogP contribution in [0.4, 0.5) is 0 Å². The molecule has 0 saturated carbocycles. The van der Waals surface area contributed by atoms with Gasteiger partial charge in [-0.1, -0.05) is 206 Å². The molecule has 2 aliphatic rings. The highest BCUT2D eigenvalue weighted by Crippen LogP contribution is 2.47. The van der Waals surface area contributed by atoms with Crippen LogP contribution < -0.4 is 22.5 Å². The molecule has 0 spiro atoms. The molecule has 0 radical (unpaired) electrons. The molecule has 25 heteroatoms. The Morgan fingerprint density at radius 1 is 0.500 bits per heavy atom. The Hall–Kier alpha value is -3.01. The number of hydrogen-bond acceptors (Lipinski definition) is 18. The number of hydrogen-bond donors (Lipinski definition) is 11. The van der Waals surface area contributed by atoms with Crippen molar-refractivity contribution in [1.82, 2.24) is 18.7 Å². The van der Waals surface area contributed by atoms with Gasteiger partial charge in [0, 0.05) is 31.6 Å². The van der Waals surface area contributed by atoms with Crippen LogP contribution in [0.5, 0.6) is 0 Å². The number of ether oxygens (including phenoxy) is 5. The Labute approximate surface area is 532 Å². The zero-order chi connectivity index (χ0) is 65.9. The van der Waals surface area contributed by atoms with E-state index in [4.69, 9.17) is 23.7 Å². The van der Waals surface area contributed by atoms with Gasteiger partial charge in [-0.15, -0.1) is 0 Å². The Morgan fingerprint density at radius 3 is 1.26 bits per heavy atom. The Morgan fingerprint density at radius 2 is 0.867 bits per heavy atom. The number of aromatic nitrogens is 4. The SMILES string of the molecule is CCCCCCCCCCCCCCCCCCOCCn1c(=O)c(C(CCOCCCCCCCCCCCCCCCCCC)(C2O[C@H](CO)[C@H](O)[C@H](O)[C@H]2O)C2O[C@H](CO)[C@H](O)[C@H](O)[C@H]2O)c(-n2cc(C)c(=O)[nH]c2=O)n(CCOCP(=O)(O)O)c1=O. The first kappa shape index (κ1) is 79.4. The average molecular weight is 1310 g/mol. The molecule has 2 aromatic heterocycles. The molecule has 4 rings (SSSR count). The first-order chi connectivity index (χ1) is 43.3. The van der Waals surface area contributed by atoms with Gasteiger partial charge in [-0.25, -0.2) is 9.59 Å². The minimum Gasteiger partial charge on any atom is -0.394 e. The maximum atomic E-state index is 16.2. The van der Waals surface area contributed by atoms with Crippen molar-refractivity contribution in [3.8, 4) is 5.82 Å². The Kier molecular flexibility index (Phi) is 38.7. The number of nitrogens with one attached hydrogen (secondary N) is 1. The summed E-state index contributed by atoms with van der Waals surface area (Å²) in [7, 11) is -4.82. The van der Waals surface area contributed by atoms with Crippen LogP contribution in [0.1, 0.15) is 237 Å². The minimum atomic E-state index is -4.82. The molecule has 2 aromatic rings. The van der Waals surface area contributed by atoms with Crippen LogP contribution in [0.3, 0.4) is 0 Å². The molecular formula is C65H117N4O20P. The van der Waals surface area contributed by atoms with Gasteiger partial charge in [-0.3, -0.25) is 32.8 Å². The van der Waals surface area contributed by atoms with Gasteiger partial charge >= 0.3 is 19.0 Å². The zero-order valence-electron chi connectivity index (χ0n) is 54.6. The molecule has 24 nitrogen and oxygen atoms in total. The highest BCUT2D eigenvalue weighted by atomic mass is 31.2. The van der Waals surface area contributed by atoms with E-state index in [2.05, 4.69) is 18.8 Å². The zero-order valence-corrected chi connectivity index (χ0v) is 55.5. The second-order valence-electron chi connectivity index (χ2n) is 25.4. The van der Waals surface area contributed by atoms with Crippen LogP contribution >= 0.6 is 7.60 Å². The molecule has 2 fully saturated rings. The van der Waals surface area contributed by atoms with Gasteiger partial charge in [0.2, 0.25) is 0 Å². The van der Waals surface area contributed by atoms with Gasteiger partial charge in [0.25, 0.3) is 11.1 Å². The van der Waals surface area contributed by atoms with E-state index in [1.54, 1.807) is 0 Å². The Balaban J connectivity index is 1.74. The fraction of sp³-hybridized carbons (Fsp3) is 0.877. The molecule has 2 unspecified atom stereocenters. The van der Waals surface area contributed by atoms with Crippen LogP contribution in [-0.4, -0.2) is 183 Å². The molecule has 90 heavy (non-hydrogen) atoms. The number of H-pyrrole nitrogens is 1. The molecule has 0 aliphatic carbocycles. The molecule has 522 valence electrons. The van der Waals surface area contributed by atoms with Crippen LogP contribution in [-0.2, 0) is 46.8 Å². The highest BCUT2D eigenvalue weighted by molar-refractivity contribution is 7.51. The second kappa shape index (κ2) is 43.9. The van der Waals surface area contributed by atoms with Gasteiger partial charge in [-0.2, -0.15) is 0 Å². The van der Waals surface area contributed by atoms with Crippen molar-refractivity contribution in [3.63, 3.8) is 0 Å². The number of nitrogens with zero attached hydrogens (tertiary/aromatic N) is 3. The lowest BCUT2D eigenvalue weighted by atomic mass is 9.63. The third kappa shape index (κ3) is 25.3. The molecule has 2 saturated heterocycles. The van der Waals surface area contributed by atoms with Crippen molar-refractivity contribution in [2.45, 2.75) is 312 Å². The van der Waals surface area contributed by atoms with Crippen molar-refractivity contribution in [1.29, 1.82) is 0 Å². The lowest BCUT2D eigenvalue weighted by molar-refractivity contribution is -0.291. The summed E-state index contributed by atoms with van der Waals surface area (Å²) < 4.78 is 44.7. The monoisotopic (exact) mass is 1300 g/mol. The summed E-state index contributed by atoms with van der Waals surface area (Å²) in [5.74, 6) is -0.703. The number of aliphatic hydroxyl groups excluding tert-OH is 8. The number of aryl methyl sites for hydroxylation is 1. The predicted octanol–water partition coefficient (Wildman–Crippen LogP) is 6.18. The normalized spacial score (nSPS) is 23.0. The second-order valence-corrected chi connectivity index (χ2v) is 26.9. The van der Waals surface area contributed by atoms with Gasteiger partial charge < -0.3 is 74.3 Å².